The summed E-state index contributed by atoms with van der Waals surface area (Å²) in [5.41, 5.74) is -1.90. The van der Waals surface area contributed by atoms with E-state index in [9.17, 15) is 18.0 Å². The number of halogens is 1. The molecule has 0 aliphatic carbocycles. The molecule has 3 aliphatic rings. The SMILES string of the molecule is C=CC(=O)N1CCC2(CC1)CN1C(=O)CN(S(=O)(=O)c3cc4ccc(Cl)cc4s3)CC1(COC)O2. The van der Waals surface area contributed by atoms with Crippen molar-refractivity contribution in [3.05, 3.63) is 41.9 Å². The van der Waals surface area contributed by atoms with Crippen LogP contribution in [0.2, 0.25) is 5.02 Å². The van der Waals surface area contributed by atoms with Crippen LogP contribution < -0.4 is 0 Å². The predicted molar refractivity (Wildman–Crippen MR) is 132 cm³/mol. The molecule has 1 aromatic heterocycles. The van der Waals surface area contributed by atoms with E-state index < -0.39 is 21.3 Å². The molecule has 1 spiro atoms. The predicted octanol–water partition coefficient (Wildman–Crippen LogP) is 2.31. The highest BCUT2D eigenvalue weighted by molar-refractivity contribution is 7.91. The highest BCUT2D eigenvalue weighted by Crippen LogP contribution is 2.44. The Kier molecular flexibility index (Phi) is 6.22. The van der Waals surface area contributed by atoms with E-state index in [1.807, 2.05) is 0 Å². The Bertz CT molecular complexity index is 1300. The highest BCUT2D eigenvalue weighted by Gasteiger charge is 2.61. The number of amides is 2. The second kappa shape index (κ2) is 8.82. The summed E-state index contributed by atoms with van der Waals surface area (Å²) in [7, 11) is -2.47. The van der Waals surface area contributed by atoms with E-state index in [0.29, 0.717) is 37.5 Å². The van der Waals surface area contributed by atoms with Gasteiger partial charge in [-0.3, -0.25) is 9.59 Å². The van der Waals surface area contributed by atoms with Crippen LogP contribution in [0.1, 0.15) is 12.8 Å². The molecule has 3 fully saturated rings. The zero-order valence-corrected chi connectivity index (χ0v) is 21.6. The Morgan fingerprint density at radius 2 is 2.03 bits per heavy atom. The van der Waals surface area contributed by atoms with E-state index in [4.69, 9.17) is 21.1 Å². The average Bonchev–Trinajstić information content (AvgIpc) is 3.39. The van der Waals surface area contributed by atoms with Crippen molar-refractivity contribution in [3.63, 3.8) is 0 Å². The first kappa shape index (κ1) is 24.7. The molecule has 2 amide bonds. The van der Waals surface area contributed by atoms with E-state index in [0.717, 1.165) is 21.4 Å². The average molecular weight is 540 g/mol. The molecule has 0 saturated carbocycles. The minimum absolute atomic E-state index is 0.0316. The fraction of sp³-hybridized carbons (Fsp3) is 0.478. The number of hydrogen-bond donors (Lipinski definition) is 0. The van der Waals surface area contributed by atoms with Crippen molar-refractivity contribution in [1.82, 2.24) is 14.1 Å². The largest absolute Gasteiger partial charge is 0.380 e. The first-order chi connectivity index (χ1) is 16.6. The molecule has 12 heteroatoms. The van der Waals surface area contributed by atoms with Crippen molar-refractivity contribution in [2.75, 3.05) is 46.4 Å². The van der Waals surface area contributed by atoms with E-state index in [-0.39, 0.29) is 35.7 Å². The molecule has 35 heavy (non-hydrogen) atoms. The van der Waals surface area contributed by atoms with Gasteiger partial charge in [0.15, 0.2) is 5.72 Å². The van der Waals surface area contributed by atoms with Gasteiger partial charge in [0.2, 0.25) is 11.8 Å². The summed E-state index contributed by atoms with van der Waals surface area (Å²) in [4.78, 5) is 28.6. The lowest BCUT2D eigenvalue weighted by Crippen LogP contribution is -2.65. The number of thiophene rings is 1. The molecule has 9 nitrogen and oxygen atoms in total. The van der Waals surface area contributed by atoms with Crippen molar-refractivity contribution >= 4 is 54.9 Å². The number of fused-ring (bicyclic) bond motifs is 2. The molecular weight excluding hydrogens is 514 g/mol. The Morgan fingerprint density at radius 3 is 2.71 bits per heavy atom. The van der Waals surface area contributed by atoms with E-state index in [1.165, 1.54) is 17.5 Å². The maximum Gasteiger partial charge on any atom is 0.253 e. The third-order valence-corrected chi connectivity index (χ3v) is 10.5. The third-order valence-electron chi connectivity index (χ3n) is 6.97. The quantitative estimate of drug-likeness (QED) is 0.541. The number of nitrogens with zero attached hydrogens (tertiary/aromatic N) is 3. The molecule has 0 radical (unpaired) electrons. The van der Waals surface area contributed by atoms with Crippen LogP contribution in [-0.4, -0.2) is 92.1 Å². The van der Waals surface area contributed by atoms with Crippen LogP contribution in [0.3, 0.4) is 0 Å². The first-order valence-electron chi connectivity index (χ1n) is 11.2. The fourth-order valence-corrected chi connectivity index (χ4v) is 8.49. The molecule has 0 N–H and O–H groups in total. The van der Waals surface area contributed by atoms with Gasteiger partial charge >= 0.3 is 0 Å². The number of benzene rings is 1. The smallest absolute Gasteiger partial charge is 0.253 e. The molecule has 2 aromatic rings. The fourth-order valence-electron chi connectivity index (χ4n) is 5.23. The van der Waals surface area contributed by atoms with Gasteiger partial charge in [-0.2, -0.15) is 4.31 Å². The lowest BCUT2D eigenvalue weighted by atomic mass is 9.91. The topological polar surface area (TPSA) is 96.5 Å². The number of likely N-dealkylation sites (tertiary alicyclic amines) is 1. The third kappa shape index (κ3) is 4.17. The monoisotopic (exact) mass is 539 g/mol. The molecule has 4 heterocycles. The van der Waals surface area contributed by atoms with Gasteiger partial charge in [-0.05, 0) is 42.5 Å². The summed E-state index contributed by atoms with van der Waals surface area (Å²) in [6, 6.07) is 6.82. The van der Waals surface area contributed by atoms with Crippen molar-refractivity contribution < 1.29 is 27.5 Å². The highest BCUT2D eigenvalue weighted by atomic mass is 35.5. The van der Waals surface area contributed by atoms with Gasteiger partial charge in [0, 0.05) is 29.9 Å². The zero-order valence-electron chi connectivity index (χ0n) is 19.2. The van der Waals surface area contributed by atoms with Gasteiger partial charge in [-0.1, -0.05) is 24.2 Å². The van der Waals surface area contributed by atoms with E-state index in [1.54, 1.807) is 34.1 Å². The van der Waals surface area contributed by atoms with Gasteiger partial charge < -0.3 is 19.3 Å². The number of carbonyl (C=O) groups is 2. The van der Waals surface area contributed by atoms with Crippen molar-refractivity contribution in [2.24, 2.45) is 0 Å². The minimum atomic E-state index is -3.97. The zero-order chi connectivity index (χ0) is 25.0. The molecule has 188 valence electrons. The van der Waals surface area contributed by atoms with Crippen LogP contribution in [0, 0.1) is 0 Å². The van der Waals surface area contributed by atoms with Crippen molar-refractivity contribution in [1.29, 1.82) is 0 Å². The molecule has 3 saturated heterocycles. The standard InChI is InChI=1S/C23H26ClN3O6S2/c1-3-19(28)25-8-6-22(7-9-25)13-27-20(29)12-26(14-23(27,33-22)15-32-2)35(30,31)21-10-16-4-5-17(24)11-18(16)34-21/h3-5,10-11H,1,6-9,12-15H2,2H3. The van der Waals surface area contributed by atoms with Crippen LogP contribution in [0.4, 0.5) is 0 Å². The normalized spacial score (nSPS) is 24.8. The van der Waals surface area contributed by atoms with Gasteiger partial charge in [0.25, 0.3) is 10.0 Å². The summed E-state index contributed by atoms with van der Waals surface area (Å²) in [5.74, 6) is -0.470. The lowest BCUT2D eigenvalue weighted by Gasteiger charge is -2.44. The summed E-state index contributed by atoms with van der Waals surface area (Å²) in [6.45, 7) is 4.54. The number of sulfonamides is 1. The molecule has 0 bridgehead atoms. The molecule has 5 rings (SSSR count). The molecule has 1 unspecified atom stereocenters. The maximum absolute atomic E-state index is 13.6. The van der Waals surface area contributed by atoms with E-state index in [2.05, 4.69) is 6.58 Å². The number of ether oxygens (including phenoxy) is 2. The number of methoxy groups -OCH3 is 1. The number of carbonyl (C=O) groups excluding carboxylic acids is 2. The van der Waals surface area contributed by atoms with Gasteiger partial charge in [0.05, 0.1) is 31.8 Å². The second-order valence-electron chi connectivity index (χ2n) is 9.19. The molecular formula is C23H26ClN3O6S2. The van der Waals surface area contributed by atoms with Crippen molar-refractivity contribution in [3.8, 4) is 0 Å². The Morgan fingerprint density at radius 1 is 1.29 bits per heavy atom. The lowest BCUT2D eigenvalue weighted by molar-refractivity contribution is -0.197. The summed E-state index contributed by atoms with van der Waals surface area (Å²) >= 11 is 7.19. The minimum Gasteiger partial charge on any atom is -0.380 e. The van der Waals surface area contributed by atoms with Gasteiger partial charge in [-0.25, -0.2) is 8.42 Å². The number of piperazine rings is 1. The number of piperidine rings is 1. The number of rotatable bonds is 5. The Hall–Kier alpha value is -2.02. The molecule has 1 aromatic carbocycles. The van der Waals surface area contributed by atoms with E-state index >= 15 is 0 Å². The van der Waals surface area contributed by atoms with Crippen LogP contribution in [-0.2, 0) is 29.1 Å². The van der Waals surface area contributed by atoms with Crippen LogP contribution >= 0.6 is 22.9 Å². The Labute approximate surface area is 212 Å². The molecule has 1 atom stereocenters. The van der Waals surface area contributed by atoms with Crippen LogP contribution in [0.25, 0.3) is 10.1 Å². The second-order valence-corrected chi connectivity index (χ2v) is 12.9. The maximum atomic E-state index is 13.6. The Balaban J connectivity index is 1.43. The van der Waals surface area contributed by atoms with Crippen molar-refractivity contribution in [2.45, 2.75) is 28.4 Å². The van der Waals surface area contributed by atoms with Crippen LogP contribution in [0.15, 0.2) is 41.1 Å². The number of hydrogen-bond acceptors (Lipinski definition) is 7. The summed E-state index contributed by atoms with van der Waals surface area (Å²) in [6.07, 6.45) is 2.36. The summed E-state index contributed by atoms with van der Waals surface area (Å²) < 4.78 is 41.4. The van der Waals surface area contributed by atoms with Crippen LogP contribution in [0.5, 0.6) is 0 Å². The van der Waals surface area contributed by atoms with Gasteiger partial charge in [0.1, 0.15) is 4.21 Å². The molecule has 3 aliphatic heterocycles. The van der Waals surface area contributed by atoms with Gasteiger partial charge in [-0.15, -0.1) is 11.3 Å². The first-order valence-corrected chi connectivity index (χ1v) is 13.9. The summed E-state index contributed by atoms with van der Waals surface area (Å²) in [5, 5.41) is 1.29.